The SMILES string of the molecule is CC(C)(C)[C@@H](C(=O)N1CCCC1C(=O)Nc1ccc(CN(Cc2ccc(NC(=O)C3CCCN3C(=O)[C@@H](N3CCNC3=O)C(C)(C)C)cc2)c2ccccc2)cc1)N1CCNC1=O. The van der Waals surface area contributed by atoms with Gasteiger partial charge in [0.25, 0.3) is 0 Å². The van der Waals surface area contributed by atoms with Gasteiger partial charge in [-0.1, -0.05) is 84.0 Å². The minimum atomic E-state index is -0.675. The quantitative estimate of drug-likeness (QED) is 0.173. The molecule has 63 heavy (non-hydrogen) atoms. The highest BCUT2D eigenvalue weighted by Gasteiger charge is 2.48. The Morgan fingerprint density at radius 3 is 1.35 bits per heavy atom. The number of nitrogens with zero attached hydrogens (tertiary/aromatic N) is 5. The number of likely N-dealkylation sites (tertiary alicyclic amines) is 2. The van der Waals surface area contributed by atoms with Gasteiger partial charge in [-0.05, 0) is 84.0 Å². The summed E-state index contributed by atoms with van der Waals surface area (Å²) in [7, 11) is 0. The van der Waals surface area contributed by atoms with E-state index >= 15 is 0 Å². The molecule has 7 rings (SSSR count). The maximum atomic E-state index is 14.0. The Labute approximate surface area is 370 Å². The minimum Gasteiger partial charge on any atom is -0.363 e. The molecular formula is C48H63N9O6. The molecule has 0 spiro atoms. The molecule has 4 fully saturated rings. The summed E-state index contributed by atoms with van der Waals surface area (Å²) >= 11 is 0. The van der Waals surface area contributed by atoms with Crippen LogP contribution in [-0.2, 0) is 32.3 Å². The van der Waals surface area contributed by atoms with Crippen LogP contribution in [-0.4, -0.2) is 119 Å². The largest absolute Gasteiger partial charge is 0.363 e. The molecule has 4 aliphatic rings. The van der Waals surface area contributed by atoms with Gasteiger partial charge in [0.05, 0.1) is 0 Å². The lowest BCUT2D eigenvalue weighted by Crippen LogP contribution is -2.57. The first-order valence-electron chi connectivity index (χ1n) is 22.3. The summed E-state index contributed by atoms with van der Waals surface area (Å²) in [5, 5.41) is 11.7. The van der Waals surface area contributed by atoms with Gasteiger partial charge >= 0.3 is 12.1 Å². The molecule has 0 aliphatic carbocycles. The van der Waals surface area contributed by atoms with Crippen molar-refractivity contribution >= 4 is 52.8 Å². The molecule has 336 valence electrons. The fourth-order valence-corrected chi connectivity index (χ4v) is 9.48. The van der Waals surface area contributed by atoms with Gasteiger partial charge < -0.3 is 45.8 Å². The van der Waals surface area contributed by atoms with Gasteiger partial charge in [0.15, 0.2) is 0 Å². The first-order chi connectivity index (χ1) is 30.0. The number of carbonyl (C=O) groups excluding carboxylic acids is 6. The molecule has 4 atom stereocenters. The number of benzene rings is 3. The van der Waals surface area contributed by atoms with Gasteiger partial charge in [-0.15, -0.1) is 0 Å². The molecule has 8 amide bonds. The van der Waals surface area contributed by atoms with Crippen molar-refractivity contribution in [2.75, 3.05) is 54.8 Å². The van der Waals surface area contributed by atoms with Crippen molar-refractivity contribution in [1.29, 1.82) is 0 Å². The molecule has 0 radical (unpaired) electrons. The number of carbonyl (C=O) groups is 6. The van der Waals surface area contributed by atoms with Crippen molar-refractivity contribution in [3.63, 3.8) is 0 Å². The number of nitrogens with one attached hydrogen (secondary N) is 4. The second-order valence-corrected chi connectivity index (χ2v) is 19.3. The summed E-state index contributed by atoms with van der Waals surface area (Å²) < 4.78 is 0. The lowest BCUT2D eigenvalue weighted by atomic mass is 9.84. The van der Waals surface area contributed by atoms with Crippen LogP contribution >= 0.6 is 0 Å². The fraction of sp³-hybridized carbons (Fsp3) is 0.500. The third-order valence-corrected chi connectivity index (χ3v) is 12.5. The number of rotatable bonds is 13. The summed E-state index contributed by atoms with van der Waals surface area (Å²) in [6, 6.07) is 22.5. The van der Waals surface area contributed by atoms with Crippen LogP contribution in [0.3, 0.4) is 0 Å². The summed E-state index contributed by atoms with van der Waals surface area (Å²) in [5.41, 5.74) is 3.34. The molecule has 3 aromatic rings. The van der Waals surface area contributed by atoms with E-state index in [1.807, 2.05) is 108 Å². The Bertz CT molecular complexity index is 2020. The third-order valence-electron chi connectivity index (χ3n) is 12.5. The Kier molecular flexibility index (Phi) is 13.3. The van der Waals surface area contributed by atoms with E-state index in [-0.39, 0.29) is 35.7 Å². The highest BCUT2D eigenvalue weighted by Crippen LogP contribution is 2.33. The molecule has 4 heterocycles. The molecule has 3 aromatic carbocycles. The van der Waals surface area contributed by atoms with E-state index in [4.69, 9.17) is 0 Å². The van der Waals surface area contributed by atoms with E-state index in [0.29, 0.717) is 89.4 Å². The summed E-state index contributed by atoms with van der Waals surface area (Å²) in [4.78, 5) is 89.3. The molecule has 4 N–H and O–H groups in total. The molecule has 0 bridgehead atoms. The Morgan fingerprint density at radius 2 is 1.00 bits per heavy atom. The molecule has 0 aromatic heterocycles. The maximum Gasteiger partial charge on any atom is 0.318 e. The zero-order chi connectivity index (χ0) is 45.1. The number of urea groups is 2. The molecule has 15 nitrogen and oxygen atoms in total. The standard InChI is InChI=1S/C48H63N9O6/c1-47(2,3)39(56-28-24-49-45(56)62)43(60)54-26-10-14-37(54)41(58)51-34-20-16-32(17-21-34)30-53(36-12-8-7-9-13-36)31-33-18-22-35(23-19-33)52-42(59)38-15-11-27-55(38)44(61)40(48(4,5)6)57-29-25-50-46(57)63/h7-9,12-13,16-23,37-40H,10-11,14-15,24-31H2,1-6H3,(H,49,62)(H,50,63)(H,51,58)(H,52,59)/t37?,38?,39-,40-/m1/s1. The zero-order valence-corrected chi connectivity index (χ0v) is 37.5. The molecule has 15 heteroatoms. The van der Waals surface area contributed by atoms with Crippen molar-refractivity contribution in [1.82, 2.24) is 30.2 Å². The van der Waals surface area contributed by atoms with Gasteiger partial charge in [-0.2, -0.15) is 0 Å². The van der Waals surface area contributed by atoms with Crippen molar-refractivity contribution in [3.05, 3.63) is 90.0 Å². The highest BCUT2D eigenvalue weighted by molar-refractivity contribution is 6.00. The maximum absolute atomic E-state index is 14.0. The summed E-state index contributed by atoms with van der Waals surface area (Å²) in [6.45, 7) is 15.7. The fourth-order valence-electron chi connectivity index (χ4n) is 9.48. The lowest BCUT2D eigenvalue weighted by Gasteiger charge is -2.39. The normalized spacial score (nSPS) is 20.0. The van der Waals surface area contributed by atoms with E-state index in [2.05, 4.69) is 38.3 Å². The van der Waals surface area contributed by atoms with E-state index in [1.165, 1.54) is 0 Å². The lowest BCUT2D eigenvalue weighted by molar-refractivity contribution is -0.143. The Balaban J connectivity index is 0.972. The van der Waals surface area contributed by atoms with Crippen molar-refractivity contribution < 1.29 is 28.8 Å². The van der Waals surface area contributed by atoms with Gasteiger partial charge in [0.1, 0.15) is 24.2 Å². The first-order valence-corrected chi connectivity index (χ1v) is 22.3. The van der Waals surface area contributed by atoms with E-state index in [9.17, 15) is 28.8 Å². The molecule has 0 saturated carbocycles. The van der Waals surface area contributed by atoms with E-state index < -0.39 is 35.0 Å². The second kappa shape index (κ2) is 18.7. The van der Waals surface area contributed by atoms with Crippen LogP contribution in [0.25, 0.3) is 0 Å². The van der Waals surface area contributed by atoms with Crippen LogP contribution in [0.2, 0.25) is 0 Å². The second-order valence-electron chi connectivity index (χ2n) is 19.3. The number of anilines is 3. The van der Waals surface area contributed by atoms with Crippen LogP contribution in [0.15, 0.2) is 78.9 Å². The topological polar surface area (TPSA) is 167 Å². The summed E-state index contributed by atoms with van der Waals surface area (Å²) in [5.74, 6) is -0.877. The first kappa shape index (κ1) is 44.9. The third kappa shape index (κ3) is 10.2. The average molecular weight is 862 g/mol. The number of amides is 8. The van der Waals surface area contributed by atoms with Crippen molar-refractivity contribution in [2.24, 2.45) is 10.8 Å². The summed E-state index contributed by atoms with van der Waals surface area (Å²) in [6.07, 6.45) is 2.52. The highest BCUT2D eigenvalue weighted by atomic mass is 16.2. The average Bonchev–Trinajstić information content (AvgIpc) is 4.08. The molecule has 4 saturated heterocycles. The van der Waals surface area contributed by atoms with Crippen LogP contribution < -0.4 is 26.2 Å². The van der Waals surface area contributed by atoms with E-state index in [0.717, 1.165) is 16.8 Å². The van der Waals surface area contributed by atoms with Gasteiger partial charge in [-0.25, -0.2) is 9.59 Å². The smallest absolute Gasteiger partial charge is 0.318 e. The monoisotopic (exact) mass is 861 g/mol. The van der Waals surface area contributed by atoms with Crippen LogP contribution in [0, 0.1) is 10.8 Å². The number of hydrogen-bond donors (Lipinski definition) is 4. The van der Waals surface area contributed by atoms with Gasteiger partial charge in [0.2, 0.25) is 23.6 Å². The molecule has 4 aliphatic heterocycles. The van der Waals surface area contributed by atoms with Gasteiger partial charge in [0, 0.05) is 69.4 Å². The molecule has 2 unspecified atom stereocenters. The number of hydrogen-bond acceptors (Lipinski definition) is 7. The minimum absolute atomic E-state index is 0.197. The predicted molar refractivity (Wildman–Crippen MR) is 243 cm³/mol. The van der Waals surface area contributed by atoms with Crippen molar-refractivity contribution in [2.45, 2.75) is 104 Å². The number of para-hydroxylation sites is 1. The molecular weight excluding hydrogens is 799 g/mol. The van der Waals surface area contributed by atoms with E-state index in [1.54, 1.807) is 19.6 Å². The Hall–Kier alpha value is -6.12. The van der Waals surface area contributed by atoms with Crippen LogP contribution in [0.1, 0.15) is 78.4 Å². The zero-order valence-electron chi connectivity index (χ0n) is 37.5. The van der Waals surface area contributed by atoms with Crippen LogP contribution in [0.5, 0.6) is 0 Å². The van der Waals surface area contributed by atoms with Crippen molar-refractivity contribution in [3.8, 4) is 0 Å². The predicted octanol–water partition coefficient (Wildman–Crippen LogP) is 5.63. The van der Waals surface area contributed by atoms with Gasteiger partial charge in [-0.3, -0.25) is 19.2 Å². The van der Waals surface area contributed by atoms with Crippen LogP contribution in [0.4, 0.5) is 26.7 Å². The Morgan fingerprint density at radius 1 is 0.603 bits per heavy atom.